The second-order valence-electron chi connectivity index (χ2n) is 6.24. The van der Waals surface area contributed by atoms with Gasteiger partial charge in [0.2, 0.25) is 5.75 Å². The molecule has 8 heteroatoms. The molecule has 0 aliphatic carbocycles. The van der Waals surface area contributed by atoms with Crippen LogP contribution in [0.3, 0.4) is 0 Å². The van der Waals surface area contributed by atoms with Crippen molar-refractivity contribution >= 4 is 11.6 Å². The highest BCUT2D eigenvalue weighted by atomic mass is 16.5. The number of nitrogens with one attached hydrogen (secondary N) is 1. The van der Waals surface area contributed by atoms with E-state index in [-0.39, 0.29) is 0 Å². The third-order valence-corrected chi connectivity index (χ3v) is 4.27. The van der Waals surface area contributed by atoms with Crippen LogP contribution in [0.5, 0.6) is 17.2 Å². The molecule has 1 aliphatic rings. The minimum absolute atomic E-state index is 0.558. The second-order valence-corrected chi connectivity index (χ2v) is 6.24. The van der Waals surface area contributed by atoms with Crippen molar-refractivity contribution in [2.45, 2.75) is 0 Å². The number of hydrogen-bond donors (Lipinski definition) is 1. The Labute approximate surface area is 153 Å². The molecule has 0 radical (unpaired) electrons. The first-order chi connectivity index (χ1) is 12.6. The summed E-state index contributed by atoms with van der Waals surface area (Å²) in [5, 5.41) is 3.28. The molecule has 3 rings (SSSR count). The lowest BCUT2D eigenvalue weighted by Gasteiger charge is -2.19. The van der Waals surface area contributed by atoms with Gasteiger partial charge in [0.1, 0.15) is 0 Å². The highest BCUT2D eigenvalue weighted by Crippen LogP contribution is 2.41. The summed E-state index contributed by atoms with van der Waals surface area (Å²) in [7, 11) is 8.90. The second kappa shape index (κ2) is 7.65. The van der Waals surface area contributed by atoms with Gasteiger partial charge in [0.15, 0.2) is 23.1 Å². The number of likely N-dealkylation sites (N-methyl/N-ethyl adjacent to an activating group) is 1. The molecule has 2 heterocycles. The van der Waals surface area contributed by atoms with Gasteiger partial charge in [-0.2, -0.15) is 0 Å². The number of methoxy groups -OCH3 is 3. The van der Waals surface area contributed by atoms with E-state index < -0.39 is 0 Å². The quantitative estimate of drug-likeness (QED) is 0.804. The molecular formula is C18H25N5O3. The minimum Gasteiger partial charge on any atom is -0.493 e. The summed E-state index contributed by atoms with van der Waals surface area (Å²) in [5.74, 6) is 3.40. The number of ether oxygens (including phenoxy) is 3. The van der Waals surface area contributed by atoms with E-state index in [1.54, 1.807) is 27.5 Å². The van der Waals surface area contributed by atoms with Crippen LogP contribution < -0.4 is 24.4 Å². The molecule has 8 nitrogen and oxygen atoms in total. The maximum absolute atomic E-state index is 5.44. The van der Waals surface area contributed by atoms with Gasteiger partial charge < -0.3 is 29.3 Å². The number of anilines is 2. The zero-order valence-electron chi connectivity index (χ0n) is 15.9. The topological polar surface area (TPSA) is 72.0 Å². The fraction of sp³-hybridized carbons (Fsp3) is 0.444. The summed E-state index contributed by atoms with van der Waals surface area (Å²) in [6.07, 6.45) is 1.75. The molecule has 0 unspecified atom stereocenters. The largest absolute Gasteiger partial charge is 0.493 e. The molecule has 0 saturated carbocycles. The van der Waals surface area contributed by atoms with Crippen LogP contribution in [-0.2, 0) is 0 Å². The van der Waals surface area contributed by atoms with Crippen molar-refractivity contribution in [3.05, 3.63) is 18.3 Å². The molecule has 0 atom stereocenters. The molecule has 1 aromatic heterocycles. The molecule has 0 fully saturated rings. The van der Waals surface area contributed by atoms with Gasteiger partial charge in [-0.15, -0.1) is 0 Å². The average molecular weight is 359 g/mol. The maximum atomic E-state index is 5.44. The average Bonchev–Trinajstić information content (AvgIpc) is 3.07. The van der Waals surface area contributed by atoms with Crippen molar-refractivity contribution in [2.24, 2.45) is 0 Å². The number of hydrogen-bond acceptors (Lipinski definition) is 8. The summed E-state index contributed by atoms with van der Waals surface area (Å²) in [4.78, 5) is 13.7. The summed E-state index contributed by atoms with van der Waals surface area (Å²) < 4.78 is 16.3. The number of rotatable bonds is 7. The van der Waals surface area contributed by atoms with Crippen molar-refractivity contribution in [3.8, 4) is 28.5 Å². The fourth-order valence-corrected chi connectivity index (χ4v) is 2.84. The number of nitrogens with zero attached hydrogens (tertiary/aromatic N) is 4. The van der Waals surface area contributed by atoms with Crippen LogP contribution in [-0.4, -0.2) is 70.1 Å². The molecule has 0 spiro atoms. The van der Waals surface area contributed by atoms with E-state index in [2.05, 4.69) is 34.2 Å². The summed E-state index contributed by atoms with van der Waals surface area (Å²) in [5.41, 5.74) is 1.61. The molecule has 0 bridgehead atoms. The zero-order valence-corrected chi connectivity index (χ0v) is 15.9. The molecule has 0 saturated heterocycles. The van der Waals surface area contributed by atoms with E-state index in [0.717, 1.165) is 36.0 Å². The Kier molecular flexibility index (Phi) is 5.32. The maximum Gasteiger partial charge on any atom is 0.203 e. The Morgan fingerprint density at radius 1 is 1.12 bits per heavy atom. The standard InChI is InChI=1S/C18H25N5O3/c1-22(2)6-7-23-11-20-17-18(23)21-13(10-19-17)12-8-14(24-3)16(26-5)15(9-12)25-4/h8-10H,6-7,11H2,1-5H3,(H,19,20). The van der Waals surface area contributed by atoms with Crippen LogP contribution in [0.4, 0.5) is 11.6 Å². The van der Waals surface area contributed by atoms with Gasteiger partial charge in [0, 0.05) is 18.7 Å². The third kappa shape index (κ3) is 3.45. The van der Waals surface area contributed by atoms with Gasteiger partial charge in [0.25, 0.3) is 0 Å². The lowest BCUT2D eigenvalue weighted by molar-refractivity contribution is 0.324. The van der Waals surface area contributed by atoms with E-state index in [4.69, 9.17) is 19.2 Å². The number of aromatic nitrogens is 2. The van der Waals surface area contributed by atoms with Gasteiger partial charge in [-0.1, -0.05) is 0 Å². The van der Waals surface area contributed by atoms with Crippen LogP contribution in [0, 0.1) is 0 Å². The Morgan fingerprint density at radius 3 is 2.38 bits per heavy atom. The Bertz CT molecular complexity index is 756. The molecule has 1 aliphatic heterocycles. The number of benzene rings is 1. The lowest BCUT2D eigenvalue weighted by Crippen LogP contribution is -2.31. The van der Waals surface area contributed by atoms with Crippen molar-refractivity contribution < 1.29 is 14.2 Å². The molecule has 1 aromatic carbocycles. The first-order valence-electron chi connectivity index (χ1n) is 8.38. The van der Waals surface area contributed by atoms with E-state index in [9.17, 15) is 0 Å². The highest BCUT2D eigenvalue weighted by molar-refractivity contribution is 5.73. The smallest absolute Gasteiger partial charge is 0.203 e. The van der Waals surface area contributed by atoms with Crippen LogP contribution >= 0.6 is 0 Å². The number of fused-ring (bicyclic) bond motifs is 1. The summed E-state index contributed by atoms with van der Waals surface area (Å²) >= 11 is 0. The predicted molar refractivity (Wildman–Crippen MR) is 102 cm³/mol. The predicted octanol–water partition coefficient (Wildman–Crippen LogP) is 1.92. The van der Waals surface area contributed by atoms with Crippen LogP contribution in [0.2, 0.25) is 0 Å². The molecular weight excluding hydrogens is 334 g/mol. The SMILES string of the molecule is COc1cc(-c2cnc3c(n2)N(CCN(C)C)CN3)cc(OC)c1OC. The molecule has 2 aromatic rings. The van der Waals surface area contributed by atoms with Crippen LogP contribution in [0.1, 0.15) is 0 Å². The highest BCUT2D eigenvalue weighted by Gasteiger charge is 2.23. The molecule has 0 amide bonds. The molecule has 1 N–H and O–H groups in total. The van der Waals surface area contributed by atoms with E-state index in [0.29, 0.717) is 23.9 Å². The first-order valence-corrected chi connectivity index (χ1v) is 8.38. The van der Waals surface area contributed by atoms with Crippen LogP contribution in [0.15, 0.2) is 18.3 Å². The lowest BCUT2D eigenvalue weighted by atomic mass is 10.1. The fourth-order valence-electron chi connectivity index (χ4n) is 2.84. The van der Waals surface area contributed by atoms with Gasteiger partial charge in [-0.3, -0.25) is 0 Å². The first kappa shape index (κ1) is 18.1. The Morgan fingerprint density at radius 2 is 1.81 bits per heavy atom. The van der Waals surface area contributed by atoms with Gasteiger partial charge in [-0.05, 0) is 26.2 Å². The monoisotopic (exact) mass is 359 g/mol. The van der Waals surface area contributed by atoms with Crippen molar-refractivity contribution in [1.29, 1.82) is 0 Å². The Balaban J connectivity index is 1.97. The minimum atomic E-state index is 0.558. The third-order valence-electron chi connectivity index (χ3n) is 4.27. The van der Waals surface area contributed by atoms with E-state index in [1.165, 1.54) is 0 Å². The van der Waals surface area contributed by atoms with Crippen molar-refractivity contribution in [1.82, 2.24) is 14.9 Å². The molecule has 26 heavy (non-hydrogen) atoms. The summed E-state index contributed by atoms with van der Waals surface area (Å²) in [6, 6.07) is 3.76. The van der Waals surface area contributed by atoms with Crippen molar-refractivity contribution in [3.63, 3.8) is 0 Å². The van der Waals surface area contributed by atoms with Crippen LogP contribution in [0.25, 0.3) is 11.3 Å². The van der Waals surface area contributed by atoms with E-state index in [1.807, 2.05) is 12.1 Å². The molecule has 140 valence electrons. The zero-order chi connectivity index (χ0) is 18.7. The Hall–Kier alpha value is -2.74. The normalized spacial score (nSPS) is 12.8. The van der Waals surface area contributed by atoms with Crippen molar-refractivity contribution in [2.75, 3.05) is 65.4 Å². The van der Waals surface area contributed by atoms with Gasteiger partial charge in [0.05, 0.1) is 39.9 Å². The van der Waals surface area contributed by atoms with E-state index >= 15 is 0 Å². The summed E-state index contributed by atoms with van der Waals surface area (Å²) in [6.45, 7) is 2.53. The van der Waals surface area contributed by atoms with Gasteiger partial charge in [-0.25, -0.2) is 9.97 Å². The van der Waals surface area contributed by atoms with Gasteiger partial charge >= 0.3 is 0 Å².